The molecule has 2 rings (SSSR count). The standard InChI is InChI=1S/C15H10Cl3NO6S/c1-26(23,24)25-10-4-2-3-7(15(21)22)11(10)14(20)19-9-6-5-8(16)12(17)13(9)18/h2-6H,1H3,(H,19,20)(H,21,22). The van der Waals surface area contributed by atoms with Gasteiger partial charge >= 0.3 is 16.1 Å². The minimum atomic E-state index is -4.01. The van der Waals surface area contributed by atoms with Crippen LogP contribution in [-0.2, 0) is 10.1 Å². The number of carbonyl (C=O) groups is 2. The summed E-state index contributed by atoms with van der Waals surface area (Å²) in [5, 5.41) is 11.7. The lowest BCUT2D eigenvalue weighted by Crippen LogP contribution is -2.19. The van der Waals surface area contributed by atoms with Gasteiger partial charge in [0.25, 0.3) is 5.91 Å². The maximum absolute atomic E-state index is 12.6. The van der Waals surface area contributed by atoms with Crippen molar-refractivity contribution in [2.24, 2.45) is 0 Å². The molecule has 0 unspecified atom stereocenters. The van der Waals surface area contributed by atoms with Gasteiger partial charge in [0, 0.05) is 0 Å². The Morgan fingerprint density at radius 3 is 2.31 bits per heavy atom. The molecule has 7 nitrogen and oxygen atoms in total. The van der Waals surface area contributed by atoms with Crippen LogP contribution in [0.15, 0.2) is 30.3 Å². The Labute approximate surface area is 163 Å². The molecule has 0 spiro atoms. The van der Waals surface area contributed by atoms with Crippen molar-refractivity contribution in [2.75, 3.05) is 11.6 Å². The molecule has 0 aromatic heterocycles. The summed E-state index contributed by atoms with van der Waals surface area (Å²) < 4.78 is 27.5. The quantitative estimate of drug-likeness (QED) is 0.540. The lowest BCUT2D eigenvalue weighted by molar-refractivity contribution is 0.0692. The molecule has 0 atom stereocenters. The second-order valence-electron chi connectivity index (χ2n) is 4.95. The SMILES string of the molecule is CS(=O)(=O)Oc1cccc(C(=O)O)c1C(=O)Nc1ccc(Cl)c(Cl)c1Cl. The van der Waals surface area contributed by atoms with E-state index in [0.717, 1.165) is 18.4 Å². The molecule has 0 aliphatic heterocycles. The van der Waals surface area contributed by atoms with Gasteiger partial charge in [-0.15, -0.1) is 0 Å². The third-order valence-corrected chi connectivity index (χ3v) is 4.78. The Morgan fingerprint density at radius 2 is 1.73 bits per heavy atom. The van der Waals surface area contributed by atoms with Gasteiger partial charge in [0.2, 0.25) is 0 Å². The van der Waals surface area contributed by atoms with Crippen LogP contribution in [0.25, 0.3) is 0 Å². The highest BCUT2D eigenvalue weighted by atomic mass is 35.5. The molecule has 0 fully saturated rings. The number of aromatic carboxylic acids is 1. The van der Waals surface area contributed by atoms with E-state index in [-0.39, 0.29) is 20.8 Å². The third kappa shape index (κ3) is 4.59. The molecule has 1 amide bonds. The van der Waals surface area contributed by atoms with Crippen molar-refractivity contribution in [2.45, 2.75) is 0 Å². The summed E-state index contributed by atoms with van der Waals surface area (Å²) in [5.74, 6) is -2.85. The van der Waals surface area contributed by atoms with E-state index in [2.05, 4.69) is 5.32 Å². The van der Waals surface area contributed by atoms with E-state index in [1.807, 2.05) is 0 Å². The third-order valence-electron chi connectivity index (χ3n) is 3.01. The summed E-state index contributed by atoms with van der Waals surface area (Å²) in [4.78, 5) is 24.0. The summed E-state index contributed by atoms with van der Waals surface area (Å²) in [6.07, 6.45) is 0.762. The second-order valence-corrected chi connectivity index (χ2v) is 7.69. The fourth-order valence-electron chi connectivity index (χ4n) is 1.98. The normalized spacial score (nSPS) is 11.1. The van der Waals surface area contributed by atoms with Crippen LogP contribution in [0, 0.1) is 0 Å². The van der Waals surface area contributed by atoms with Crippen molar-refractivity contribution >= 4 is 62.5 Å². The van der Waals surface area contributed by atoms with E-state index in [1.54, 1.807) is 0 Å². The molecule has 138 valence electrons. The summed E-state index contributed by atoms with van der Waals surface area (Å²) >= 11 is 17.7. The van der Waals surface area contributed by atoms with Crippen molar-refractivity contribution in [1.29, 1.82) is 0 Å². The monoisotopic (exact) mass is 437 g/mol. The topological polar surface area (TPSA) is 110 Å². The average Bonchev–Trinajstić information content (AvgIpc) is 2.53. The van der Waals surface area contributed by atoms with E-state index in [9.17, 15) is 23.1 Å². The van der Waals surface area contributed by atoms with E-state index < -0.39 is 38.9 Å². The van der Waals surface area contributed by atoms with Gasteiger partial charge in [-0.3, -0.25) is 4.79 Å². The van der Waals surface area contributed by atoms with Crippen molar-refractivity contribution < 1.29 is 27.3 Å². The van der Waals surface area contributed by atoms with Crippen molar-refractivity contribution in [3.05, 3.63) is 56.5 Å². The lowest BCUT2D eigenvalue weighted by Gasteiger charge is -2.14. The smallest absolute Gasteiger partial charge is 0.336 e. The van der Waals surface area contributed by atoms with E-state index in [0.29, 0.717) is 0 Å². The number of carboxylic acid groups (broad SMARTS) is 1. The fourth-order valence-corrected chi connectivity index (χ4v) is 3.03. The van der Waals surface area contributed by atoms with Crippen LogP contribution in [0.4, 0.5) is 5.69 Å². The average molecular weight is 439 g/mol. The molecule has 0 saturated heterocycles. The summed E-state index contributed by atoms with van der Waals surface area (Å²) in [7, 11) is -4.01. The molecule has 0 bridgehead atoms. The Balaban J connectivity index is 2.54. The molecule has 0 aliphatic carbocycles. The zero-order chi connectivity index (χ0) is 19.6. The molecule has 2 N–H and O–H groups in total. The summed E-state index contributed by atoms with van der Waals surface area (Å²) in [6, 6.07) is 6.26. The first-order valence-electron chi connectivity index (χ1n) is 6.72. The van der Waals surface area contributed by atoms with Crippen molar-refractivity contribution in [3.8, 4) is 5.75 Å². The molecule has 0 saturated carbocycles. The minimum Gasteiger partial charge on any atom is -0.478 e. The molecule has 0 radical (unpaired) electrons. The molecule has 0 aliphatic rings. The number of rotatable bonds is 5. The molecule has 2 aromatic rings. The number of carboxylic acids is 1. The zero-order valence-electron chi connectivity index (χ0n) is 12.9. The summed E-state index contributed by atoms with van der Waals surface area (Å²) in [5.41, 5.74) is -0.899. The Bertz CT molecular complexity index is 1010. The second kappa shape index (κ2) is 7.71. The van der Waals surface area contributed by atoms with E-state index in [1.165, 1.54) is 18.2 Å². The number of nitrogens with one attached hydrogen (secondary N) is 1. The number of halogens is 3. The van der Waals surface area contributed by atoms with Gasteiger partial charge in [0.05, 0.1) is 38.1 Å². The Hall–Kier alpha value is -2.00. The van der Waals surface area contributed by atoms with Crippen LogP contribution >= 0.6 is 34.8 Å². The van der Waals surface area contributed by atoms with Crippen molar-refractivity contribution in [1.82, 2.24) is 0 Å². The van der Waals surface area contributed by atoms with Crippen LogP contribution in [0.5, 0.6) is 5.75 Å². The molecule has 26 heavy (non-hydrogen) atoms. The number of benzene rings is 2. The van der Waals surface area contributed by atoms with Crippen LogP contribution in [-0.4, -0.2) is 31.7 Å². The zero-order valence-corrected chi connectivity index (χ0v) is 16.0. The van der Waals surface area contributed by atoms with Crippen molar-refractivity contribution in [3.63, 3.8) is 0 Å². The Morgan fingerprint density at radius 1 is 1.08 bits per heavy atom. The van der Waals surface area contributed by atoms with E-state index >= 15 is 0 Å². The maximum atomic E-state index is 12.6. The van der Waals surface area contributed by atoms with Gasteiger partial charge in [-0.2, -0.15) is 8.42 Å². The number of amides is 1. The number of carbonyl (C=O) groups excluding carboxylic acids is 1. The van der Waals surface area contributed by atoms with Crippen LogP contribution in [0.1, 0.15) is 20.7 Å². The molecular weight excluding hydrogens is 429 g/mol. The van der Waals surface area contributed by atoms with Gasteiger partial charge in [-0.25, -0.2) is 4.79 Å². The van der Waals surface area contributed by atoms with Crippen LogP contribution < -0.4 is 9.50 Å². The molecule has 0 heterocycles. The van der Waals surface area contributed by atoms with E-state index in [4.69, 9.17) is 39.0 Å². The Kier molecular flexibility index (Phi) is 6.02. The predicted octanol–water partition coefficient (Wildman–Crippen LogP) is 3.94. The first-order valence-corrected chi connectivity index (χ1v) is 9.67. The number of hydrogen-bond acceptors (Lipinski definition) is 5. The highest BCUT2D eigenvalue weighted by molar-refractivity contribution is 7.86. The highest BCUT2D eigenvalue weighted by Crippen LogP contribution is 2.36. The largest absolute Gasteiger partial charge is 0.478 e. The van der Waals surface area contributed by atoms with Crippen LogP contribution in [0.2, 0.25) is 15.1 Å². The predicted molar refractivity (Wildman–Crippen MR) is 98.3 cm³/mol. The fraction of sp³-hybridized carbons (Fsp3) is 0.0667. The van der Waals surface area contributed by atoms with Gasteiger partial charge in [-0.1, -0.05) is 40.9 Å². The van der Waals surface area contributed by atoms with Crippen LogP contribution in [0.3, 0.4) is 0 Å². The highest BCUT2D eigenvalue weighted by Gasteiger charge is 2.24. The van der Waals surface area contributed by atoms with Gasteiger partial charge < -0.3 is 14.6 Å². The maximum Gasteiger partial charge on any atom is 0.336 e. The molecule has 2 aromatic carbocycles. The molecule has 11 heteroatoms. The first-order chi connectivity index (χ1) is 12.0. The number of hydrogen-bond donors (Lipinski definition) is 2. The first kappa shape index (κ1) is 20.3. The van der Waals surface area contributed by atoms with Gasteiger partial charge in [0.15, 0.2) is 5.75 Å². The molecular formula is C15H10Cl3NO6S. The summed E-state index contributed by atoms with van der Waals surface area (Å²) in [6.45, 7) is 0. The number of anilines is 1. The van der Waals surface area contributed by atoms with Gasteiger partial charge in [-0.05, 0) is 24.3 Å². The minimum absolute atomic E-state index is 0.00902. The van der Waals surface area contributed by atoms with Gasteiger partial charge in [0.1, 0.15) is 0 Å². The lowest BCUT2D eigenvalue weighted by atomic mass is 10.1.